The van der Waals surface area contributed by atoms with Gasteiger partial charge < -0.3 is 5.73 Å². The molecule has 2 rings (SSSR count). The molecule has 2 aromatic rings. The Morgan fingerprint density at radius 1 is 1.05 bits per heavy atom. The second-order valence-corrected chi connectivity index (χ2v) is 6.12. The molecule has 1 aromatic carbocycles. The highest BCUT2D eigenvalue weighted by atomic mass is 32.1. The number of hydrogen-bond donors (Lipinski definition) is 1. The number of rotatable bonds is 6. The lowest BCUT2D eigenvalue weighted by atomic mass is 10.0. The van der Waals surface area contributed by atoms with E-state index in [4.69, 9.17) is 5.73 Å². The van der Waals surface area contributed by atoms with Crippen LogP contribution in [0.3, 0.4) is 0 Å². The zero-order valence-electron chi connectivity index (χ0n) is 11.9. The Kier molecular flexibility index (Phi) is 5.17. The standard InChI is InChI=1S/C17H23NS/c1-3-7-13-9-5-6-10-14(13)16-11-12-17(19-16)15(18)8-4-2/h5-6,9-12,15H,3-4,7-8,18H2,1-2H3. The predicted molar refractivity (Wildman–Crippen MR) is 85.6 cm³/mol. The maximum atomic E-state index is 6.20. The van der Waals surface area contributed by atoms with E-state index in [0.29, 0.717) is 0 Å². The van der Waals surface area contributed by atoms with Gasteiger partial charge in [-0.1, -0.05) is 51.0 Å². The van der Waals surface area contributed by atoms with Crippen LogP contribution in [-0.2, 0) is 6.42 Å². The summed E-state index contributed by atoms with van der Waals surface area (Å²) in [6.45, 7) is 4.42. The van der Waals surface area contributed by atoms with Crippen molar-refractivity contribution >= 4 is 11.3 Å². The quantitative estimate of drug-likeness (QED) is 0.772. The zero-order valence-corrected chi connectivity index (χ0v) is 12.7. The van der Waals surface area contributed by atoms with Gasteiger partial charge in [-0.15, -0.1) is 11.3 Å². The molecule has 0 bridgehead atoms. The minimum atomic E-state index is 0.196. The molecule has 1 aromatic heterocycles. The Hall–Kier alpha value is -1.12. The monoisotopic (exact) mass is 273 g/mol. The average molecular weight is 273 g/mol. The van der Waals surface area contributed by atoms with Crippen molar-refractivity contribution in [2.24, 2.45) is 5.73 Å². The summed E-state index contributed by atoms with van der Waals surface area (Å²) in [5.41, 5.74) is 9.03. The predicted octanol–water partition coefficient (Wildman–Crippen LogP) is 5.17. The van der Waals surface area contributed by atoms with Crippen molar-refractivity contribution in [3.63, 3.8) is 0 Å². The van der Waals surface area contributed by atoms with Crippen molar-refractivity contribution in [3.8, 4) is 10.4 Å². The van der Waals surface area contributed by atoms with Gasteiger partial charge >= 0.3 is 0 Å². The molecule has 1 unspecified atom stereocenters. The molecular formula is C17H23NS. The van der Waals surface area contributed by atoms with Crippen LogP contribution in [0.4, 0.5) is 0 Å². The molecule has 102 valence electrons. The van der Waals surface area contributed by atoms with E-state index >= 15 is 0 Å². The molecule has 0 aliphatic heterocycles. The SMILES string of the molecule is CCCc1ccccc1-c1ccc(C(N)CCC)s1. The third kappa shape index (κ3) is 3.46. The third-order valence-corrected chi connectivity index (χ3v) is 4.64. The first-order chi connectivity index (χ1) is 9.26. The van der Waals surface area contributed by atoms with Gasteiger partial charge in [0.25, 0.3) is 0 Å². The highest BCUT2D eigenvalue weighted by molar-refractivity contribution is 7.15. The summed E-state index contributed by atoms with van der Waals surface area (Å²) in [6.07, 6.45) is 4.53. The van der Waals surface area contributed by atoms with Gasteiger partial charge in [-0.05, 0) is 36.1 Å². The van der Waals surface area contributed by atoms with Gasteiger partial charge in [-0.3, -0.25) is 0 Å². The molecule has 0 fully saturated rings. The summed E-state index contributed by atoms with van der Waals surface area (Å²) in [6, 6.07) is 13.3. The lowest BCUT2D eigenvalue weighted by Crippen LogP contribution is -2.07. The molecule has 0 saturated heterocycles. The van der Waals surface area contributed by atoms with Gasteiger partial charge in [0.15, 0.2) is 0 Å². The molecule has 0 radical (unpaired) electrons. The van der Waals surface area contributed by atoms with Gasteiger partial charge in [0.2, 0.25) is 0 Å². The van der Waals surface area contributed by atoms with Crippen LogP contribution in [-0.4, -0.2) is 0 Å². The maximum Gasteiger partial charge on any atom is 0.0389 e. The number of hydrogen-bond acceptors (Lipinski definition) is 2. The van der Waals surface area contributed by atoms with Crippen LogP contribution in [0.2, 0.25) is 0 Å². The van der Waals surface area contributed by atoms with Gasteiger partial charge in [-0.2, -0.15) is 0 Å². The first kappa shape index (κ1) is 14.3. The Morgan fingerprint density at radius 3 is 2.58 bits per heavy atom. The molecular weight excluding hydrogens is 250 g/mol. The van der Waals surface area contributed by atoms with Crippen LogP contribution < -0.4 is 5.73 Å². The van der Waals surface area contributed by atoms with Gasteiger partial charge in [0.05, 0.1) is 0 Å². The van der Waals surface area contributed by atoms with Crippen molar-refractivity contribution in [2.75, 3.05) is 0 Å². The normalized spacial score (nSPS) is 12.6. The molecule has 0 aliphatic carbocycles. The van der Waals surface area contributed by atoms with Crippen molar-refractivity contribution in [3.05, 3.63) is 46.8 Å². The summed E-state index contributed by atoms with van der Waals surface area (Å²) in [4.78, 5) is 2.66. The molecule has 0 spiro atoms. The fourth-order valence-electron chi connectivity index (χ4n) is 2.40. The van der Waals surface area contributed by atoms with Gasteiger partial charge in [-0.25, -0.2) is 0 Å². The van der Waals surface area contributed by atoms with Crippen LogP contribution in [0.1, 0.15) is 49.6 Å². The summed E-state index contributed by atoms with van der Waals surface area (Å²) < 4.78 is 0. The minimum absolute atomic E-state index is 0.196. The van der Waals surface area contributed by atoms with Crippen molar-refractivity contribution < 1.29 is 0 Å². The van der Waals surface area contributed by atoms with E-state index in [0.717, 1.165) is 19.3 Å². The molecule has 0 saturated carbocycles. The number of nitrogens with two attached hydrogens (primary N) is 1. The molecule has 1 atom stereocenters. The molecule has 1 nitrogen and oxygen atoms in total. The van der Waals surface area contributed by atoms with E-state index < -0.39 is 0 Å². The fraction of sp³-hybridized carbons (Fsp3) is 0.412. The number of benzene rings is 1. The van der Waals surface area contributed by atoms with E-state index in [2.05, 4.69) is 50.2 Å². The fourth-order valence-corrected chi connectivity index (χ4v) is 3.50. The topological polar surface area (TPSA) is 26.0 Å². The van der Waals surface area contributed by atoms with Crippen LogP contribution >= 0.6 is 11.3 Å². The highest BCUT2D eigenvalue weighted by Crippen LogP contribution is 2.34. The lowest BCUT2D eigenvalue weighted by molar-refractivity contribution is 0.648. The van der Waals surface area contributed by atoms with Crippen molar-refractivity contribution in [2.45, 2.75) is 45.6 Å². The molecule has 0 aliphatic rings. The summed E-state index contributed by atoms with van der Waals surface area (Å²) in [5.74, 6) is 0. The van der Waals surface area contributed by atoms with E-state index in [1.165, 1.54) is 27.3 Å². The smallest absolute Gasteiger partial charge is 0.0389 e. The van der Waals surface area contributed by atoms with E-state index in [9.17, 15) is 0 Å². The summed E-state index contributed by atoms with van der Waals surface area (Å²) >= 11 is 1.85. The van der Waals surface area contributed by atoms with Gasteiger partial charge in [0.1, 0.15) is 0 Å². The number of aryl methyl sites for hydroxylation is 1. The maximum absolute atomic E-state index is 6.20. The lowest BCUT2D eigenvalue weighted by Gasteiger charge is -2.08. The summed E-state index contributed by atoms with van der Waals surface area (Å²) in [7, 11) is 0. The molecule has 2 N–H and O–H groups in total. The Balaban J connectivity index is 2.27. The van der Waals surface area contributed by atoms with Crippen LogP contribution in [0.5, 0.6) is 0 Å². The van der Waals surface area contributed by atoms with E-state index in [1.807, 2.05) is 11.3 Å². The largest absolute Gasteiger partial charge is 0.323 e. The Bertz CT molecular complexity index is 515. The first-order valence-electron chi connectivity index (χ1n) is 7.19. The van der Waals surface area contributed by atoms with E-state index in [1.54, 1.807) is 0 Å². The van der Waals surface area contributed by atoms with Crippen LogP contribution in [0, 0.1) is 0 Å². The Labute approximate surface area is 120 Å². The number of thiophene rings is 1. The first-order valence-corrected chi connectivity index (χ1v) is 8.01. The molecule has 2 heteroatoms. The third-order valence-electron chi connectivity index (χ3n) is 3.39. The summed E-state index contributed by atoms with van der Waals surface area (Å²) in [5, 5.41) is 0. The van der Waals surface area contributed by atoms with Crippen LogP contribution in [0.15, 0.2) is 36.4 Å². The van der Waals surface area contributed by atoms with Crippen LogP contribution in [0.25, 0.3) is 10.4 Å². The molecule has 19 heavy (non-hydrogen) atoms. The van der Waals surface area contributed by atoms with Crippen molar-refractivity contribution in [1.29, 1.82) is 0 Å². The second kappa shape index (κ2) is 6.88. The average Bonchev–Trinajstić information content (AvgIpc) is 2.90. The Morgan fingerprint density at radius 2 is 1.84 bits per heavy atom. The molecule has 1 heterocycles. The van der Waals surface area contributed by atoms with E-state index in [-0.39, 0.29) is 6.04 Å². The minimum Gasteiger partial charge on any atom is -0.323 e. The second-order valence-electron chi connectivity index (χ2n) is 5.00. The van der Waals surface area contributed by atoms with Crippen molar-refractivity contribution in [1.82, 2.24) is 0 Å². The zero-order chi connectivity index (χ0) is 13.7. The highest BCUT2D eigenvalue weighted by Gasteiger charge is 2.11. The molecule has 0 amide bonds. The van der Waals surface area contributed by atoms with Gasteiger partial charge in [0, 0.05) is 15.8 Å².